The molecule has 1 aliphatic rings. The Labute approximate surface area is 105 Å². The fraction of sp³-hybridized carbons (Fsp3) is 0.308. The lowest BCUT2D eigenvalue weighted by Crippen LogP contribution is -2.05. The minimum atomic E-state index is 0.945. The van der Waals surface area contributed by atoms with Crippen LogP contribution in [0.4, 0.5) is 5.00 Å². The van der Waals surface area contributed by atoms with Gasteiger partial charge in [0.15, 0.2) is 0 Å². The zero-order valence-electron chi connectivity index (χ0n) is 9.79. The number of nitrogens with one attached hydrogen (secondary N) is 1. The van der Waals surface area contributed by atoms with Gasteiger partial charge in [-0.25, -0.2) is 10.8 Å². The molecule has 0 saturated carbocycles. The molecule has 0 bridgehead atoms. The SMILES string of the molecule is Cc1nc(-c2ccc3c(c2)CCC3)sc1NN. The number of thiazole rings is 1. The first-order valence-corrected chi connectivity index (χ1v) is 6.66. The average Bonchev–Trinajstić information content (AvgIpc) is 2.93. The van der Waals surface area contributed by atoms with Gasteiger partial charge < -0.3 is 5.43 Å². The molecule has 2 aromatic rings. The molecule has 0 saturated heterocycles. The zero-order chi connectivity index (χ0) is 11.8. The number of aromatic nitrogens is 1. The van der Waals surface area contributed by atoms with Crippen molar-refractivity contribution in [2.75, 3.05) is 5.43 Å². The van der Waals surface area contributed by atoms with Gasteiger partial charge in [-0.15, -0.1) is 0 Å². The van der Waals surface area contributed by atoms with Gasteiger partial charge in [-0.3, -0.25) is 0 Å². The Balaban J connectivity index is 2.03. The Morgan fingerprint density at radius 3 is 2.88 bits per heavy atom. The van der Waals surface area contributed by atoms with E-state index in [1.807, 2.05) is 6.92 Å². The van der Waals surface area contributed by atoms with Crippen molar-refractivity contribution in [3.8, 4) is 10.6 Å². The van der Waals surface area contributed by atoms with Crippen LogP contribution in [0.25, 0.3) is 10.6 Å². The highest BCUT2D eigenvalue weighted by Crippen LogP contribution is 2.33. The molecule has 3 N–H and O–H groups in total. The van der Waals surface area contributed by atoms with Crippen molar-refractivity contribution in [1.82, 2.24) is 4.98 Å². The molecule has 3 nitrogen and oxygen atoms in total. The highest BCUT2D eigenvalue weighted by molar-refractivity contribution is 7.19. The molecule has 0 radical (unpaired) electrons. The van der Waals surface area contributed by atoms with Gasteiger partial charge in [0.05, 0.1) is 5.69 Å². The van der Waals surface area contributed by atoms with E-state index in [0.717, 1.165) is 15.7 Å². The molecule has 0 atom stereocenters. The molecule has 1 heterocycles. The van der Waals surface area contributed by atoms with Crippen LogP contribution in [-0.4, -0.2) is 4.98 Å². The van der Waals surface area contributed by atoms with Crippen molar-refractivity contribution >= 4 is 16.3 Å². The number of aryl methyl sites for hydroxylation is 3. The Bertz CT molecular complexity index is 560. The van der Waals surface area contributed by atoms with Gasteiger partial charge in [-0.2, -0.15) is 0 Å². The second kappa shape index (κ2) is 4.13. The fourth-order valence-electron chi connectivity index (χ4n) is 2.36. The molecular formula is C13H15N3S. The molecular weight excluding hydrogens is 230 g/mol. The van der Waals surface area contributed by atoms with Crippen LogP contribution in [-0.2, 0) is 12.8 Å². The van der Waals surface area contributed by atoms with Gasteiger partial charge in [-0.1, -0.05) is 23.5 Å². The van der Waals surface area contributed by atoms with E-state index in [2.05, 4.69) is 28.6 Å². The van der Waals surface area contributed by atoms with Crippen molar-refractivity contribution in [3.05, 3.63) is 35.0 Å². The summed E-state index contributed by atoms with van der Waals surface area (Å²) in [4.78, 5) is 4.55. The molecule has 0 unspecified atom stereocenters. The number of hydrogen-bond acceptors (Lipinski definition) is 4. The van der Waals surface area contributed by atoms with E-state index in [9.17, 15) is 0 Å². The fourth-order valence-corrected chi connectivity index (χ4v) is 3.23. The zero-order valence-corrected chi connectivity index (χ0v) is 10.6. The van der Waals surface area contributed by atoms with Crippen LogP contribution < -0.4 is 11.3 Å². The van der Waals surface area contributed by atoms with Crippen LogP contribution in [0.2, 0.25) is 0 Å². The van der Waals surface area contributed by atoms with Crippen molar-refractivity contribution in [2.24, 2.45) is 5.84 Å². The maximum Gasteiger partial charge on any atom is 0.126 e. The van der Waals surface area contributed by atoms with E-state index in [1.54, 1.807) is 11.3 Å². The average molecular weight is 245 g/mol. The highest BCUT2D eigenvalue weighted by Gasteiger charge is 2.14. The number of nitrogens with zero attached hydrogens (tertiary/aromatic N) is 1. The summed E-state index contributed by atoms with van der Waals surface area (Å²) >= 11 is 1.61. The number of nitrogens with two attached hydrogens (primary N) is 1. The second-order valence-corrected chi connectivity index (χ2v) is 5.41. The van der Waals surface area contributed by atoms with Gasteiger partial charge in [0.2, 0.25) is 0 Å². The first-order chi connectivity index (χ1) is 8.28. The molecule has 0 spiro atoms. The highest BCUT2D eigenvalue weighted by atomic mass is 32.1. The van der Waals surface area contributed by atoms with Crippen molar-refractivity contribution in [3.63, 3.8) is 0 Å². The summed E-state index contributed by atoms with van der Waals surface area (Å²) in [5.41, 5.74) is 7.85. The lowest BCUT2D eigenvalue weighted by atomic mass is 10.1. The summed E-state index contributed by atoms with van der Waals surface area (Å²) in [5, 5.41) is 1.99. The third-order valence-electron chi connectivity index (χ3n) is 3.27. The van der Waals surface area contributed by atoms with E-state index in [0.29, 0.717) is 0 Å². The van der Waals surface area contributed by atoms with E-state index < -0.39 is 0 Å². The molecule has 3 rings (SSSR count). The largest absolute Gasteiger partial charge is 0.314 e. The first-order valence-electron chi connectivity index (χ1n) is 5.84. The molecule has 0 fully saturated rings. The molecule has 0 amide bonds. The minimum absolute atomic E-state index is 0.945. The summed E-state index contributed by atoms with van der Waals surface area (Å²) in [6.07, 6.45) is 3.71. The monoisotopic (exact) mass is 245 g/mol. The molecule has 0 aliphatic heterocycles. The first kappa shape index (κ1) is 10.7. The van der Waals surface area contributed by atoms with Gasteiger partial charge in [0.1, 0.15) is 10.0 Å². The quantitative estimate of drug-likeness (QED) is 0.632. The number of benzene rings is 1. The van der Waals surface area contributed by atoms with Gasteiger partial charge in [-0.05, 0) is 43.4 Å². The number of anilines is 1. The maximum atomic E-state index is 5.45. The number of hydrazine groups is 1. The van der Waals surface area contributed by atoms with Crippen LogP contribution in [0.5, 0.6) is 0 Å². The minimum Gasteiger partial charge on any atom is -0.314 e. The number of hydrogen-bond donors (Lipinski definition) is 2. The number of fused-ring (bicyclic) bond motifs is 1. The predicted octanol–water partition coefficient (Wildman–Crippen LogP) is 2.89. The summed E-state index contributed by atoms with van der Waals surface area (Å²) in [5.74, 6) is 5.45. The molecule has 1 aromatic carbocycles. The van der Waals surface area contributed by atoms with Gasteiger partial charge in [0.25, 0.3) is 0 Å². The molecule has 1 aliphatic carbocycles. The summed E-state index contributed by atoms with van der Waals surface area (Å²) in [7, 11) is 0. The topological polar surface area (TPSA) is 50.9 Å². The maximum absolute atomic E-state index is 5.45. The van der Waals surface area contributed by atoms with E-state index in [4.69, 9.17) is 5.84 Å². The third kappa shape index (κ3) is 1.83. The van der Waals surface area contributed by atoms with Crippen LogP contribution in [0.3, 0.4) is 0 Å². The van der Waals surface area contributed by atoms with Crippen LogP contribution in [0.1, 0.15) is 23.2 Å². The summed E-state index contributed by atoms with van der Waals surface area (Å²) in [6, 6.07) is 6.69. The normalized spacial score (nSPS) is 13.8. The van der Waals surface area contributed by atoms with Gasteiger partial charge >= 0.3 is 0 Å². The lowest BCUT2D eigenvalue weighted by molar-refractivity contribution is 0.912. The number of rotatable bonds is 2. The Morgan fingerprint density at radius 2 is 2.12 bits per heavy atom. The van der Waals surface area contributed by atoms with Crippen LogP contribution >= 0.6 is 11.3 Å². The van der Waals surface area contributed by atoms with Crippen LogP contribution in [0, 0.1) is 6.92 Å². The van der Waals surface area contributed by atoms with Crippen molar-refractivity contribution in [2.45, 2.75) is 26.2 Å². The van der Waals surface area contributed by atoms with E-state index in [1.165, 1.54) is 36.0 Å². The Hall–Kier alpha value is -1.39. The van der Waals surface area contributed by atoms with Gasteiger partial charge in [0, 0.05) is 5.56 Å². The summed E-state index contributed by atoms with van der Waals surface area (Å²) < 4.78 is 0. The Kier molecular flexibility index (Phi) is 2.61. The Morgan fingerprint density at radius 1 is 1.29 bits per heavy atom. The van der Waals surface area contributed by atoms with Crippen molar-refractivity contribution < 1.29 is 0 Å². The molecule has 4 heteroatoms. The van der Waals surface area contributed by atoms with E-state index in [-0.39, 0.29) is 0 Å². The lowest BCUT2D eigenvalue weighted by Gasteiger charge is -2.01. The van der Waals surface area contributed by atoms with Crippen molar-refractivity contribution in [1.29, 1.82) is 0 Å². The molecule has 88 valence electrons. The standard InChI is InChI=1S/C13H15N3S/c1-8-12(16-14)17-13(15-8)11-6-5-9-3-2-4-10(9)7-11/h5-7,16H,2-4,14H2,1H3. The second-order valence-electron chi connectivity index (χ2n) is 4.41. The number of nitrogen functional groups attached to an aromatic ring is 1. The van der Waals surface area contributed by atoms with E-state index >= 15 is 0 Å². The molecule has 17 heavy (non-hydrogen) atoms. The predicted molar refractivity (Wildman–Crippen MR) is 72.1 cm³/mol. The van der Waals surface area contributed by atoms with Crippen LogP contribution in [0.15, 0.2) is 18.2 Å². The summed E-state index contributed by atoms with van der Waals surface area (Å²) in [6.45, 7) is 1.97. The molecule has 1 aromatic heterocycles. The smallest absolute Gasteiger partial charge is 0.126 e. The third-order valence-corrected chi connectivity index (χ3v) is 4.41.